The lowest BCUT2D eigenvalue weighted by Gasteiger charge is -2.41. The van der Waals surface area contributed by atoms with Crippen molar-refractivity contribution in [3.63, 3.8) is 0 Å². The van der Waals surface area contributed by atoms with Crippen molar-refractivity contribution in [1.29, 1.82) is 0 Å². The number of carbonyl (C=O) groups is 1. The number of aromatic nitrogens is 4. The molecule has 1 aromatic heterocycles. The van der Waals surface area contributed by atoms with Crippen molar-refractivity contribution in [1.82, 2.24) is 25.1 Å². The van der Waals surface area contributed by atoms with Crippen LogP contribution in [0.2, 0.25) is 0 Å². The second-order valence-corrected chi connectivity index (χ2v) is 10.8. The number of nitrogens with zero attached hydrogens (tertiary/aromatic N) is 5. The van der Waals surface area contributed by atoms with E-state index >= 15 is 0 Å². The molecule has 3 heterocycles. The fourth-order valence-corrected chi connectivity index (χ4v) is 5.56. The van der Waals surface area contributed by atoms with E-state index in [4.69, 9.17) is 14.2 Å². The van der Waals surface area contributed by atoms with Crippen LogP contribution in [0.3, 0.4) is 0 Å². The third-order valence-corrected chi connectivity index (χ3v) is 7.05. The summed E-state index contributed by atoms with van der Waals surface area (Å²) in [7, 11) is 0. The first-order valence-electron chi connectivity index (χ1n) is 12.5. The van der Waals surface area contributed by atoms with Crippen LogP contribution in [0, 0.1) is 0 Å². The van der Waals surface area contributed by atoms with Gasteiger partial charge in [-0.2, -0.15) is 0 Å². The van der Waals surface area contributed by atoms with E-state index in [9.17, 15) is 4.79 Å². The Labute approximate surface area is 200 Å². The Morgan fingerprint density at radius 1 is 0.912 bits per heavy atom. The molecular weight excluding hydrogens is 434 g/mol. The lowest BCUT2D eigenvalue weighted by atomic mass is 9.93. The Balaban J connectivity index is 1.07. The van der Waals surface area contributed by atoms with Crippen LogP contribution in [0.1, 0.15) is 72.1 Å². The van der Waals surface area contributed by atoms with Gasteiger partial charge in [0.1, 0.15) is 17.7 Å². The minimum Gasteiger partial charge on any atom is -0.490 e. The molecule has 1 saturated carbocycles. The van der Waals surface area contributed by atoms with Crippen LogP contribution in [-0.4, -0.2) is 67.2 Å². The molecule has 1 amide bonds. The first kappa shape index (κ1) is 23.1. The predicted molar refractivity (Wildman–Crippen MR) is 125 cm³/mol. The van der Waals surface area contributed by atoms with Crippen LogP contribution in [0.15, 0.2) is 30.6 Å². The molecule has 34 heavy (non-hydrogen) atoms. The molecule has 2 aromatic rings. The van der Waals surface area contributed by atoms with Crippen LogP contribution in [0.25, 0.3) is 5.69 Å². The Kier molecular flexibility index (Phi) is 6.46. The molecule has 2 saturated heterocycles. The number of ether oxygens (including phenoxy) is 3. The minimum absolute atomic E-state index is 0.165. The van der Waals surface area contributed by atoms with E-state index in [0.717, 1.165) is 62.8 Å². The molecule has 9 heteroatoms. The zero-order chi connectivity index (χ0) is 23.7. The third kappa shape index (κ3) is 5.35. The Morgan fingerprint density at radius 2 is 1.56 bits per heavy atom. The van der Waals surface area contributed by atoms with Gasteiger partial charge in [-0.25, -0.2) is 9.48 Å². The minimum atomic E-state index is -0.457. The van der Waals surface area contributed by atoms with Gasteiger partial charge in [0.2, 0.25) is 0 Å². The highest BCUT2D eigenvalue weighted by atomic mass is 16.6. The lowest BCUT2D eigenvalue weighted by molar-refractivity contribution is -0.0812. The van der Waals surface area contributed by atoms with E-state index in [0.29, 0.717) is 0 Å². The van der Waals surface area contributed by atoms with Crippen LogP contribution < -0.4 is 4.74 Å². The summed E-state index contributed by atoms with van der Waals surface area (Å²) in [5.74, 6) is 0.868. The monoisotopic (exact) mass is 469 g/mol. The second kappa shape index (κ2) is 9.52. The smallest absolute Gasteiger partial charge is 0.410 e. The summed E-state index contributed by atoms with van der Waals surface area (Å²) >= 11 is 0. The van der Waals surface area contributed by atoms with Crippen LogP contribution in [-0.2, 0) is 9.47 Å². The van der Waals surface area contributed by atoms with Gasteiger partial charge in [0.25, 0.3) is 0 Å². The third-order valence-electron chi connectivity index (χ3n) is 7.05. The largest absolute Gasteiger partial charge is 0.490 e. The molecule has 0 spiro atoms. The van der Waals surface area contributed by atoms with Crippen LogP contribution >= 0.6 is 0 Å². The Hall–Kier alpha value is -2.68. The number of hydrogen-bond donors (Lipinski definition) is 0. The topological polar surface area (TPSA) is 91.6 Å². The average Bonchev–Trinajstić information content (AvgIpc) is 3.41. The normalized spacial score (nSPS) is 29.1. The standard InChI is InChI=1S/C25H35N5O4/c1-25(2,3)34-24(31)30-18-4-5-19(30)15-23(14-18)33-22-12-10-21(11-13-22)32-20-8-6-17(7-9-20)29-16-26-27-28-29/h6-9,16,18-19,21-23H,4-5,10-15H2,1-3H3/t18-,19-,21?,22?/m0/s1. The van der Waals surface area contributed by atoms with Crippen molar-refractivity contribution in [3.05, 3.63) is 30.6 Å². The molecule has 1 aliphatic carbocycles. The average molecular weight is 470 g/mol. The maximum atomic E-state index is 12.7. The SMILES string of the molecule is CC(C)(C)OC(=O)N1[C@H]2CC[C@H]1CC(OC1CCC(Oc3ccc(-n4cnnn4)cc3)CC1)C2. The summed E-state index contributed by atoms with van der Waals surface area (Å²) in [5.41, 5.74) is 0.447. The van der Waals surface area contributed by atoms with E-state index in [2.05, 4.69) is 15.5 Å². The molecule has 3 fully saturated rings. The maximum absolute atomic E-state index is 12.7. The van der Waals surface area contributed by atoms with Crippen molar-refractivity contribution < 1.29 is 19.0 Å². The predicted octanol–water partition coefficient (Wildman–Crippen LogP) is 4.30. The lowest BCUT2D eigenvalue weighted by Crippen LogP contribution is -2.50. The molecule has 0 radical (unpaired) electrons. The number of fused-ring (bicyclic) bond motifs is 2. The molecule has 3 aliphatic rings. The molecule has 2 aliphatic heterocycles. The molecule has 2 atom stereocenters. The highest BCUT2D eigenvalue weighted by molar-refractivity contribution is 5.69. The summed E-state index contributed by atoms with van der Waals surface area (Å²) < 4.78 is 20.0. The molecule has 0 N–H and O–H groups in total. The molecule has 1 aromatic carbocycles. The van der Waals surface area contributed by atoms with Crippen LogP contribution in [0.4, 0.5) is 4.79 Å². The first-order chi connectivity index (χ1) is 16.3. The summed E-state index contributed by atoms with van der Waals surface area (Å²) in [6.45, 7) is 5.78. The summed E-state index contributed by atoms with van der Waals surface area (Å²) in [6.07, 6.45) is 10.1. The van der Waals surface area contributed by atoms with Crippen molar-refractivity contribution >= 4 is 6.09 Å². The van der Waals surface area contributed by atoms with Gasteiger partial charge in [0, 0.05) is 12.1 Å². The van der Waals surface area contributed by atoms with Gasteiger partial charge in [-0.15, -0.1) is 5.10 Å². The van der Waals surface area contributed by atoms with E-state index < -0.39 is 5.60 Å². The Bertz CT molecular complexity index is 937. The highest BCUT2D eigenvalue weighted by Crippen LogP contribution is 2.39. The molecule has 0 unspecified atom stereocenters. The van der Waals surface area contributed by atoms with E-state index in [1.54, 1.807) is 11.0 Å². The van der Waals surface area contributed by atoms with Crippen molar-refractivity contribution in [3.8, 4) is 11.4 Å². The highest BCUT2D eigenvalue weighted by Gasteiger charge is 2.45. The van der Waals surface area contributed by atoms with Crippen molar-refractivity contribution in [2.24, 2.45) is 0 Å². The Morgan fingerprint density at radius 3 is 2.15 bits per heavy atom. The number of amides is 1. The fourth-order valence-electron chi connectivity index (χ4n) is 5.56. The number of rotatable bonds is 5. The van der Waals surface area contributed by atoms with E-state index in [1.165, 1.54) is 0 Å². The number of benzene rings is 1. The quantitative estimate of drug-likeness (QED) is 0.645. The number of carbonyl (C=O) groups excluding carboxylic acids is 1. The summed E-state index contributed by atoms with van der Waals surface area (Å²) in [5, 5.41) is 11.2. The van der Waals surface area contributed by atoms with Gasteiger partial charge in [0.05, 0.1) is 24.0 Å². The summed E-state index contributed by atoms with van der Waals surface area (Å²) in [6, 6.07) is 8.34. The van der Waals surface area contributed by atoms with Gasteiger partial charge in [0.15, 0.2) is 0 Å². The maximum Gasteiger partial charge on any atom is 0.410 e. The van der Waals surface area contributed by atoms with Gasteiger partial charge in [-0.05, 0) is 107 Å². The number of piperidine rings is 1. The zero-order valence-electron chi connectivity index (χ0n) is 20.3. The zero-order valence-corrected chi connectivity index (χ0v) is 20.3. The molecule has 184 valence electrons. The molecular formula is C25H35N5O4. The number of tetrazole rings is 1. The second-order valence-electron chi connectivity index (χ2n) is 10.8. The van der Waals surface area contributed by atoms with Crippen molar-refractivity contribution in [2.45, 2.75) is 108 Å². The first-order valence-corrected chi connectivity index (χ1v) is 12.5. The van der Waals surface area contributed by atoms with Gasteiger partial charge < -0.3 is 19.1 Å². The van der Waals surface area contributed by atoms with E-state index in [-0.39, 0.29) is 36.5 Å². The molecule has 5 rings (SSSR count). The molecule has 2 bridgehead atoms. The summed E-state index contributed by atoms with van der Waals surface area (Å²) in [4.78, 5) is 14.7. The van der Waals surface area contributed by atoms with Gasteiger partial charge in [-0.3, -0.25) is 0 Å². The van der Waals surface area contributed by atoms with Crippen LogP contribution in [0.5, 0.6) is 5.75 Å². The van der Waals surface area contributed by atoms with Gasteiger partial charge in [-0.1, -0.05) is 0 Å². The molecule has 9 nitrogen and oxygen atoms in total. The fraction of sp³-hybridized carbons (Fsp3) is 0.680. The van der Waals surface area contributed by atoms with Gasteiger partial charge >= 0.3 is 6.09 Å². The van der Waals surface area contributed by atoms with E-state index in [1.807, 2.05) is 49.9 Å². The number of hydrogen-bond acceptors (Lipinski definition) is 7. The van der Waals surface area contributed by atoms with Crippen molar-refractivity contribution in [2.75, 3.05) is 0 Å².